The fraction of sp³-hybridized carbons (Fsp3) is 0.600. The van der Waals surface area contributed by atoms with Gasteiger partial charge in [-0.15, -0.1) is 0 Å². The maximum Gasteiger partial charge on any atom is 0.307 e. The molecule has 0 unspecified atom stereocenters. The van der Waals surface area contributed by atoms with Crippen molar-refractivity contribution in [3.63, 3.8) is 0 Å². The van der Waals surface area contributed by atoms with E-state index < -0.39 is 17.8 Å². The van der Waals surface area contributed by atoms with Crippen LogP contribution in [0.15, 0.2) is 24.3 Å². The lowest BCUT2D eigenvalue weighted by Crippen LogP contribution is -2.39. The molecule has 0 spiro atoms. The number of carboxylic acid groups (broad SMARTS) is 1. The standard InChI is InChI=1S/C20H30N2O3/c1-3-22(4-2)14-16-11-9-15(10-12-16)13-21-19(23)17-7-5-6-8-18(17)20(24)25/h9-12,17-18H,3-8,13-14H2,1-2H3,(H,21,23)(H,24,25)/t17-,18+/m1/s1. The van der Waals surface area contributed by atoms with Crippen LogP contribution in [0.4, 0.5) is 0 Å². The number of nitrogens with one attached hydrogen (secondary N) is 1. The molecule has 1 aliphatic carbocycles. The number of carbonyl (C=O) groups is 2. The molecule has 2 rings (SSSR count). The summed E-state index contributed by atoms with van der Waals surface area (Å²) < 4.78 is 0. The van der Waals surface area contributed by atoms with Gasteiger partial charge in [0.25, 0.3) is 0 Å². The first kappa shape index (κ1) is 19.4. The van der Waals surface area contributed by atoms with Gasteiger partial charge in [0, 0.05) is 13.1 Å². The quantitative estimate of drug-likeness (QED) is 0.759. The summed E-state index contributed by atoms with van der Waals surface area (Å²) in [4.78, 5) is 26.1. The normalized spacial score (nSPS) is 20.4. The monoisotopic (exact) mass is 346 g/mol. The first-order valence-corrected chi connectivity index (χ1v) is 9.35. The van der Waals surface area contributed by atoms with E-state index >= 15 is 0 Å². The number of carbonyl (C=O) groups excluding carboxylic acids is 1. The van der Waals surface area contributed by atoms with Crippen LogP contribution in [-0.4, -0.2) is 35.0 Å². The molecule has 5 heteroatoms. The number of aliphatic carboxylic acids is 1. The van der Waals surface area contributed by atoms with Gasteiger partial charge in [0.05, 0.1) is 11.8 Å². The van der Waals surface area contributed by atoms with Gasteiger partial charge in [-0.25, -0.2) is 0 Å². The third-order valence-corrected chi connectivity index (χ3v) is 5.21. The summed E-state index contributed by atoms with van der Waals surface area (Å²) in [6.07, 6.45) is 3.11. The summed E-state index contributed by atoms with van der Waals surface area (Å²) in [6, 6.07) is 8.27. The molecule has 0 aliphatic heterocycles. The number of rotatable bonds is 8. The van der Waals surface area contributed by atoms with Gasteiger partial charge in [0.2, 0.25) is 5.91 Å². The Kier molecular flexibility index (Phi) is 7.44. The van der Waals surface area contributed by atoms with Crippen molar-refractivity contribution in [3.8, 4) is 0 Å². The van der Waals surface area contributed by atoms with Crippen LogP contribution in [0.5, 0.6) is 0 Å². The summed E-state index contributed by atoms with van der Waals surface area (Å²) >= 11 is 0. The van der Waals surface area contributed by atoms with Crippen molar-refractivity contribution in [2.45, 2.75) is 52.6 Å². The lowest BCUT2D eigenvalue weighted by molar-refractivity contribution is -0.148. The van der Waals surface area contributed by atoms with E-state index in [4.69, 9.17) is 0 Å². The average Bonchev–Trinajstić information content (AvgIpc) is 2.65. The van der Waals surface area contributed by atoms with Crippen molar-refractivity contribution in [1.82, 2.24) is 10.2 Å². The van der Waals surface area contributed by atoms with E-state index in [1.54, 1.807) is 0 Å². The van der Waals surface area contributed by atoms with E-state index in [1.165, 1.54) is 5.56 Å². The van der Waals surface area contributed by atoms with E-state index in [0.29, 0.717) is 19.4 Å². The van der Waals surface area contributed by atoms with Crippen molar-refractivity contribution in [2.24, 2.45) is 11.8 Å². The highest BCUT2D eigenvalue weighted by Crippen LogP contribution is 2.30. The zero-order chi connectivity index (χ0) is 18.2. The summed E-state index contributed by atoms with van der Waals surface area (Å²) in [5, 5.41) is 12.2. The molecule has 0 heterocycles. The van der Waals surface area contributed by atoms with Crippen LogP contribution < -0.4 is 5.32 Å². The highest BCUT2D eigenvalue weighted by atomic mass is 16.4. The van der Waals surface area contributed by atoms with Crippen LogP contribution >= 0.6 is 0 Å². The van der Waals surface area contributed by atoms with Crippen LogP contribution in [0.25, 0.3) is 0 Å². The van der Waals surface area contributed by atoms with Gasteiger partial charge < -0.3 is 10.4 Å². The molecule has 1 aromatic rings. The van der Waals surface area contributed by atoms with E-state index in [-0.39, 0.29) is 5.91 Å². The van der Waals surface area contributed by atoms with Crippen LogP contribution in [0.3, 0.4) is 0 Å². The minimum Gasteiger partial charge on any atom is -0.481 e. The van der Waals surface area contributed by atoms with Crippen LogP contribution in [-0.2, 0) is 22.7 Å². The van der Waals surface area contributed by atoms with Crippen molar-refractivity contribution in [3.05, 3.63) is 35.4 Å². The third-order valence-electron chi connectivity index (χ3n) is 5.21. The van der Waals surface area contributed by atoms with Crippen molar-refractivity contribution >= 4 is 11.9 Å². The van der Waals surface area contributed by atoms with Gasteiger partial charge in [0.15, 0.2) is 0 Å². The summed E-state index contributed by atoms with van der Waals surface area (Å²) in [6.45, 7) is 7.75. The predicted molar refractivity (Wildman–Crippen MR) is 98.0 cm³/mol. The van der Waals surface area contributed by atoms with Crippen LogP contribution in [0.2, 0.25) is 0 Å². The number of hydrogen-bond acceptors (Lipinski definition) is 3. The van der Waals surface area contributed by atoms with Crippen molar-refractivity contribution in [1.29, 1.82) is 0 Å². The molecule has 1 fully saturated rings. The summed E-state index contributed by atoms with van der Waals surface area (Å²) in [5.74, 6) is -1.90. The number of amides is 1. The highest BCUT2D eigenvalue weighted by Gasteiger charge is 2.35. The zero-order valence-electron chi connectivity index (χ0n) is 15.3. The largest absolute Gasteiger partial charge is 0.481 e. The smallest absolute Gasteiger partial charge is 0.307 e. The first-order valence-electron chi connectivity index (χ1n) is 9.35. The van der Waals surface area contributed by atoms with Crippen molar-refractivity contribution in [2.75, 3.05) is 13.1 Å². The Bertz CT molecular complexity index is 567. The molecule has 0 saturated heterocycles. The second-order valence-corrected chi connectivity index (χ2v) is 6.83. The molecule has 1 saturated carbocycles. The SMILES string of the molecule is CCN(CC)Cc1ccc(CNC(=O)[C@@H]2CCCC[C@@H]2C(=O)O)cc1. The molecule has 1 aliphatic rings. The number of carboxylic acids is 1. The molecule has 138 valence electrons. The van der Waals surface area contributed by atoms with Crippen molar-refractivity contribution < 1.29 is 14.7 Å². The average molecular weight is 346 g/mol. The first-order chi connectivity index (χ1) is 12.0. The highest BCUT2D eigenvalue weighted by molar-refractivity contribution is 5.84. The minimum absolute atomic E-state index is 0.126. The van der Waals surface area contributed by atoms with E-state index in [2.05, 4.69) is 36.2 Å². The predicted octanol–water partition coefficient (Wildman–Crippen LogP) is 3.04. The Labute approximate surface area is 150 Å². The Balaban J connectivity index is 1.87. The molecule has 2 N–H and O–H groups in total. The topological polar surface area (TPSA) is 69.6 Å². The van der Waals surface area contributed by atoms with Gasteiger partial charge in [-0.05, 0) is 37.1 Å². The van der Waals surface area contributed by atoms with Gasteiger partial charge >= 0.3 is 5.97 Å². The molecule has 0 radical (unpaired) electrons. The second-order valence-electron chi connectivity index (χ2n) is 6.83. The van der Waals surface area contributed by atoms with Gasteiger partial charge in [0.1, 0.15) is 0 Å². The van der Waals surface area contributed by atoms with Crippen LogP contribution in [0.1, 0.15) is 50.7 Å². The minimum atomic E-state index is -0.847. The second kappa shape index (κ2) is 9.56. The number of benzene rings is 1. The van der Waals surface area contributed by atoms with E-state index in [1.807, 2.05) is 12.1 Å². The van der Waals surface area contributed by atoms with Gasteiger partial charge in [-0.2, -0.15) is 0 Å². The molecule has 1 aromatic carbocycles. The maximum atomic E-state index is 12.4. The summed E-state index contributed by atoms with van der Waals surface area (Å²) in [7, 11) is 0. The Morgan fingerprint density at radius 1 is 1.04 bits per heavy atom. The zero-order valence-corrected chi connectivity index (χ0v) is 15.3. The lowest BCUT2D eigenvalue weighted by Gasteiger charge is -2.27. The fourth-order valence-electron chi connectivity index (χ4n) is 3.53. The lowest BCUT2D eigenvalue weighted by atomic mass is 9.78. The molecule has 0 aromatic heterocycles. The van der Waals surface area contributed by atoms with Gasteiger partial charge in [-0.3, -0.25) is 14.5 Å². The molecule has 1 amide bonds. The van der Waals surface area contributed by atoms with E-state index in [9.17, 15) is 14.7 Å². The van der Waals surface area contributed by atoms with Crippen LogP contribution in [0, 0.1) is 11.8 Å². The molecule has 2 atom stereocenters. The molecule has 25 heavy (non-hydrogen) atoms. The fourth-order valence-corrected chi connectivity index (χ4v) is 3.53. The van der Waals surface area contributed by atoms with Gasteiger partial charge in [-0.1, -0.05) is 51.0 Å². The summed E-state index contributed by atoms with van der Waals surface area (Å²) in [5.41, 5.74) is 2.30. The molecular formula is C20H30N2O3. The third kappa shape index (κ3) is 5.56. The molecule has 0 bridgehead atoms. The van der Waals surface area contributed by atoms with E-state index in [0.717, 1.165) is 38.0 Å². The Morgan fingerprint density at radius 2 is 1.60 bits per heavy atom. The number of nitrogens with zero attached hydrogens (tertiary/aromatic N) is 1. The number of hydrogen-bond donors (Lipinski definition) is 2. The molecular weight excluding hydrogens is 316 g/mol. The Hall–Kier alpha value is -1.88. The Morgan fingerprint density at radius 3 is 2.16 bits per heavy atom. The molecule has 5 nitrogen and oxygen atoms in total. The maximum absolute atomic E-state index is 12.4.